The fourth-order valence-corrected chi connectivity index (χ4v) is 2.35. The number of aliphatic hydroxyl groups excluding tert-OH is 1. The van der Waals surface area contributed by atoms with Crippen LogP contribution in [-0.4, -0.2) is 48.8 Å². The molecule has 2 aromatic heterocycles. The molecule has 1 fully saturated rings. The predicted octanol–water partition coefficient (Wildman–Crippen LogP) is -0.626. The monoisotopic (exact) mass is 249 g/mol. The van der Waals surface area contributed by atoms with Gasteiger partial charge in [-0.25, -0.2) is 9.97 Å². The first-order valence-electron chi connectivity index (χ1n) is 6.05. The number of nitrogens with one attached hydrogen (secondary N) is 1. The summed E-state index contributed by atoms with van der Waals surface area (Å²) in [6.45, 7) is 2.15. The van der Waals surface area contributed by atoms with Gasteiger partial charge in [0.15, 0.2) is 0 Å². The number of β-amino-alcohol motifs (C(OH)–C–C–N with tert-alkyl or cyclic N) is 1. The van der Waals surface area contributed by atoms with Crippen molar-refractivity contribution in [2.75, 3.05) is 13.1 Å². The van der Waals surface area contributed by atoms with Crippen molar-refractivity contribution in [1.82, 2.24) is 24.5 Å². The highest BCUT2D eigenvalue weighted by Gasteiger charge is 2.18. The van der Waals surface area contributed by atoms with Crippen LogP contribution in [0.15, 0.2) is 17.2 Å². The minimum Gasteiger partial charge on any atom is -0.392 e. The maximum absolute atomic E-state index is 11.8. The van der Waals surface area contributed by atoms with Gasteiger partial charge >= 0.3 is 0 Å². The Balaban J connectivity index is 1.83. The highest BCUT2D eigenvalue weighted by atomic mass is 16.3. The van der Waals surface area contributed by atoms with Gasteiger partial charge in [-0.15, -0.1) is 0 Å². The van der Waals surface area contributed by atoms with Crippen molar-refractivity contribution in [2.24, 2.45) is 0 Å². The summed E-state index contributed by atoms with van der Waals surface area (Å²) in [6, 6.07) is 1.51. The molecule has 3 heterocycles. The van der Waals surface area contributed by atoms with Gasteiger partial charge in [0.2, 0.25) is 0 Å². The number of rotatable bonds is 2. The second-order valence-corrected chi connectivity index (χ2v) is 4.64. The van der Waals surface area contributed by atoms with E-state index in [0.717, 1.165) is 19.4 Å². The number of hydrogen-bond acceptors (Lipinski definition) is 5. The minimum absolute atomic E-state index is 0.162. The van der Waals surface area contributed by atoms with Crippen LogP contribution in [0.25, 0.3) is 5.78 Å². The number of nitrogens with zero attached hydrogens (tertiary/aromatic N) is 4. The zero-order valence-corrected chi connectivity index (χ0v) is 9.91. The molecule has 96 valence electrons. The van der Waals surface area contributed by atoms with E-state index in [1.807, 2.05) is 0 Å². The Labute approximate surface area is 103 Å². The van der Waals surface area contributed by atoms with E-state index in [4.69, 9.17) is 0 Å². The number of piperidine rings is 1. The van der Waals surface area contributed by atoms with Gasteiger partial charge in [-0.05, 0) is 19.4 Å². The maximum atomic E-state index is 11.8. The normalized spacial score (nSPS) is 21.5. The standard InChI is InChI=1S/C11H15N5O2/c17-9-2-1-3-15(6-9)5-8-4-10(18)16-11(14-8)12-7-13-16/h4,7,9,17H,1-3,5-6H2,(H,12,13,14). The summed E-state index contributed by atoms with van der Waals surface area (Å²) in [6.07, 6.45) is 3.00. The average Bonchev–Trinajstić information content (AvgIpc) is 2.77. The lowest BCUT2D eigenvalue weighted by Crippen LogP contribution is -2.38. The van der Waals surface area contributed by atoms with Crippen LogP contribution < -0.4 is 5.56 Å². The molecule has 0 aliphatic carbocycles. The summed E-state index contributed by atoms with van der Waals surface area (Å²) in [5.41, 5.74) is 0.534. The van der Waals surface area contributed by atoms with Crippen molar-refractivity contribution in [3.8, 4) is 0 Å². The van der Waals surface area contributed by atoms with Crippen molar-refractivity contribution >= 4 is 5.78 Å². The van der Waals surface area contributed by atoms with Crippen LogP contribution in [0, 0.1) is 0 Å². The van der Waals surface area contributed by atoms with E-state index in [0.29, 0.717) is 24.6 Å². The summed E-state index contributed by atoms with van der Waals surface area (Å²) in [5, 5.41) is 12.3. The molecule has 2 aromatic rings. The highest BCUT2D eigenvalue weighted by Crippen LogP contribution is 2.12. The molecule has 0 aromatic carbocycles. The largest absolute Gasteiger partial charge is 0.392 e. The van der Waals surface area contributed by atoms with Crippen LogP contribution in [0.1, 0.15) is 18.5 Å². The molecule has 7 heteroatoms. The Morgan fingerprint density at radius 2 is 2.44 bits per heavy atom. The molecule has 3 rings (SSSR count). The molecule has 0 spiro atoms. The zero-order valence-electron chi connectivity index (χ0n) is 9.91. The molecule has 0 saturated carbocycles. The van der Waals surface area contributed by atoms with E-state index in [1.54, 1.807) is 0 Å². The molecule has 18 heavy (non-hydrogen) atoms. The van der Waals surface area contributed by atoms with E-state index >= 15 is 0 Å². The smallest absolute Gasteiger partial charge is 0.274 e. The molecular formula is C11H15N5O2. The fraction of sp³-hybridized carbons (Fsp3) is 0.545. The quantitative estimate of drug-likeness (QED) is 0.740. The average molecular weight is 249 g/mol. The fourth-order valence-electron chi connectivity index (χ4n) is 2.35. The number of likely N-dealkylation sites (tertiary alicyclic amines) is 1. The van der Waals surface area contributed by atoms with E-state index in [1.165, 1.54) is 16.9 Å². The first-order valence-corrected chi connectivity index (χ1v) is 6.05. The molecule has 0 radical (unpaired) electrons. The summed E-state index contributed by atoms with van der Waals surface area (Å²) < 4.78 is 1.30. The topological polar surface area (TPSA) is 86.5 Å². The van der Waals surface area contributed by atoms with E-state index in [9.17, 15) is 9.90 Å². The molecule has 1 aliphatic rings. The van der Waals surface area contributed by atoms with Gasteiger partial charge in [0.25, 0.3) is 11.3 Å². The van der Waals surface area contributed by atoms with Crippen molar-refractivity contribution in [3.63, 3.8) is 0 Å². The SMILES string of the molecule is O=c1cc(CN2CCCC(O)C2)nc2nc[nH]n12. The molecule has 1 saturated heterocycles. The molecule has 2 N–H and O–H groups in total. The van der Waals surface area contributed by atoms with E-state index in [2.05, 4.69) is 20.0 Å². The van der Waals surface area contributed by atoms with Gasteiger partial charge in [-0.3, -0.25) is 14.8 Å². The van der Waals surface area contributed by atoms with Crippen molar-refractivity contribution in [3.05, 3.63) is 28.4 Å². The van der Waals surface area contributed by atoms with Gasteiger partial charge in [-0.2, -0.15) is 4.52 Å². The van der Waals surface area contributed by atoms with Crippen molar-refractivity contribution in [1.29, 1.82) is 0 Å². The first kappa shape index (κ1) is 11.4. The lowest BCUT2D eigenvalue weighted by molar-refractivity contribution is 0.0662. The van der Waals surface area contributed by atoms with Crippen LogP contribution >= 0.6 is 0 Å². The third kappa shape index (κ3) is 2.14. The highest BCUT2D eigenvalue weighted by molar-refractivity contribution is 5.25. The number of fused-ring (bicyclic) bond motifs is 1. The Kier molecular flexibility index (Phi) is 2.85. The summed E-state index contributed by atoms with van der Waals surface area (Å²) in [4.78, 5) is 22.1. The Morgan fingerprint density at radius 3 is 3.28 bits per heavy atom. The number of aromatic amines is 1. The van der Waals surface area contributed by atoms with Crippen molar-refractivity contribution in [2.45, 2.75) is 25.5 Å². The van der Waals surface area contributed by atoms with Gasteiger partial charge < -0.3 is 5.11 Å². The number of aromatic nitrogens is 4. The predicted molar refractivity (Wildman–Crippen MR) is 64.1 cm³/mol. The lowest BCUT2D eigenvalue weighted by atomic mass is 10.1. The van der Waals surface area contributed by atoms with Gasteiger partial charge in [0.1, 0.15) is 6.33 Å². The van der Waals surface area contributed by atoms with E-state index in [-0.39, 0.29) is 11.7 Å². The van der Waals surface area contributed by atoms with Gasteiger partial charge in [0, 0.05) is 19.2 Å². The molecular weight excluding hydrogens is 234 g/mol. The summed E-state index contributed by atoms with van der Waals surface area (Å²) in [5.74, 6) is 0.384. The van der Waals surface area contributed by atoms with Crippen LogP contribution in [-0.2, 0) is 6.54 Å². The molecule has 7 nitrogen and oxygen atoms in total. The first-order chi connectivity index (χ1) is 8.72. The molecule has 0 bridgehead atoms. The maximum Gasteiger partial charge on any atom is 0.274 e. The lowest BCUT2D eigenvalue weighted by Gasteiger charge is -2.29. The van der Waals surface area contributed by atoms with Crippen LogP contribution in [0.5, 0.6) is 0 Å². The molecule has 0 amide bonds. The Morgan fingerprint density at radius 1 is 1.56 bits per heavy atom. The third-order valence-electron chi connectivity index (χ3n) is 3.19. The van der Waals surface area contributed by atoms with Gasteiger partial charge in [-0.1, -0.05) is 0 Å². The van der Waals surface area contributed by atoms with Crippen LogP contribution in [0.4, 0.5) is 0 Å². The number of hydrogen-bond donors (Lipinski definition) is 2. The minimum atomic E-state index is -0.269. The third-order valence-corrected chi connectivity index (χ3v) is 3.19. The molecule has 1 aliphatic heterocycles. The Hall–Kier alpha value is -1.73. The Bertz CT molecular complexity index is 605. The molecule has 1 unspecified atom stereocenters. The number of H-pyrrole nitrogens is 1. The van der Waals surface area contributed by atoms with Crippen LogP contribution in [0.3, 0.4) is 0 Å². The van der Waals surface area contributed by atoms with Crippen LogP contribution in [0.2, 0.25) is 0 Å². The van der Waals surface area contributed by atoms with Gasteiger partial charge in [0.05, 0.1) is 11.8 Å². The van der Waals surface area contributed by atoms with Crippen molar-refractivity contribution < 1.29 is 5.11 Å². The zero-order chi connectivity index (χ0) is 12.5. The second-order valence-electron chi connectivity index (χ2n) is 4.64. The molecule has 1 atom stereocenters. The number of aliphatic hydroxyl groups is 1. The summed E-state index contributed by atoms with van der Waals surface area (Å²) in [7, 11) is 0. The summed E-state index contributed by atoms with van der Waals surface area (Å²) >= 11 is 0. The van der Waals surface area contributed by atoms with E-state index < -0.39 is 0 Å². The second kappa shape index (κ2) is 4.51.